The molecule has 1 fully saturated rings. The van der Waals surface area contributed by atoms with Gasteiger partial charge < -0.3 is 10.0 Å². The van der Waals surface area contributed by atoms with E-state index in [-0.39, 0.29) is 11.7 Å². The van der Waals surface area contributed by atoms with Crippen molar-refractivity contribution in [2.45, 2.75) is 40.0 Å². The molecule has 2 rings (SSSR count). The zero-order valence-corrected chi connectivity index (χ0v) is 13.7. The van der Waals surface area contributed by atoms with E-state index in [1.54, 1.807) is 0 Å². The molecule has 1 aliphatic heterocycles. The highest BCUT2D eigenvalue weighted by atomic mass is 16.4. The molecule has 1 atom stereocenters. The lowest BCUT2D eigenvalue weighted by Crippen LogP contribution is -2.39. The number of carboxylic acid groups (broad SMARTS) is 1. The van der Waals surface area contributed by atoms with Crippen molar-refractivity contribution in [3.8, 4) is 0 Å². The van der Waals surface area contributed by atoms with Crippen LogP contribution in [0.25, 0.3) is 0 Å². The van der Waals surface area contributed by atoms with E-state index in [0.717, 1.165) is 36.1 Å². The van der Waals surface area contributed by atoms with Crippen LogP contribution in [0.2, 0.25) is 0 Å². The molecule has 4 nitrogen and oxygen atoms in total. The Balaban J connectivity index is 1.97. The number of aliphatic carboxylic acids is 1. The SMILES string of the molecule is Cc1cc(C)c(C(=O)CCN2CCCC(C(=O)O)C2)c(C)c1. The van der Waals surface area contributed by atoms with Crippen LogP contribution in [-0.4, -0.2) is 41.4 Å². The first kappa shape index (κ1) is 16.7. The van der Waals surface area contributed by atoms with E-state index >= 15 is 0 Å². The number of benzene rings is 1. The topological polar surface area (TPSA) is 57.6 Å². The van der Waals surface area contributed by atoms with Crippen LogP contribution >= 0.6 is 0 Å². The number of hydrogen-bond donors (Lipinski definition) is 1. The number of carbonyl (C=O) groups is 2. The van der Waals surface area contributed by atoms with Crippen molar-refractivity contribution in [1.29, 1.82) is 0 Å². The van der Waals surface area contributed by atoms with Gasteiger partial charge in [0, 0.05) is 25.1 Å². The lowest BCUT2D eigenvalue weighted by Gasteiger charge is -2.30. The molecule has 1 unspecified atom stereocenters. The van der Waals surface area contributed by atoms with E-state index in [9.17, 15) is 9.59 Å². The maximum Gasteiger partial charge on any atom is 0.307 e. The molecule has 1 heterocycles. The summed E-state index contributed by atoms with van der Waals surface area (Å²) in [6, 6.07) is 4.09. The number of likely N-dealkylation sites (tertiary alicyclic amines) is 1. The fourth-order valence-corrected chi connectivity index (χ4v) is 3.46. The molecule has 0 spiro atoms. The molecule has 22 heavy (non-hydrogen) atoms. The Morgan fingerprint density at radius 1 is 1.23 bits per heavy atom. The van der Waals surface area contributed by atoms with Crippen molar-refractivity contribution >= 4 is 11.8 Å². The average molecular weight is 303 g/mol. The van der Waals surface area contributed by atoms with E-state index in [4.69, 9.17) is 5.11 Å². The first-order chi connectivity index (χ1) is 10.4. The van der Waals surface area contributed by atoms with Crippen molar-refractivity contribution in [2.24, 2.45) is 5.92 Å². The van der Waals surface area contributed by atoms with Gasteiger partial charge in [0.1, 0.15) is 0 Å². The summed E-state index contributed by atoms with van der Waals surface area (Å²) in [5, 5.41) is 9.12. The Kier molecular flexibility index (Phi) is 5.35. The molecule has 0 saturated carbocycles. The molecule has 120 valence electrons. The lowest BCUT2D eigenvalue weighted by molar-refractivity contribution is -0.143. The smallest absolute Gasteiger partial charge is 0.307 e. The van der Waals surface area contributed by atoms with Crippen LogP contribution in [0.15, 0.2) is 12.1 Å². The van der Waals surface area contributed by atoms with Crippen LogP contribution in [0.1, 0.15) is 46.3 Å². The van der Waals surface area contributed by atoms with Crippen LogP contribution in [0.4, 0.5) is 0 Å². The average Bonchev–Trinajstić information content (AvgIpc) is 2.44. The molecule has 4 heteroatoms. The summed E-state index contributed by atoms with van der Waals surface area (Å²) in [6.45, 7) is 8.10. The number of nitrogens with zero attached hydrogens (tertiary/aromatic N) is 1. The fraction of sp³-hybridized carbons (Fsp3) is 0.556. The first-order valence-electron chi connectivity index (χ1n) is 7.94. The van der Waals surface area contributed by atoms with Crippen LogP contribution < -0.4 is 0 Å². The molecule has 1 aliphatic rings. The predicted molar refractivity (Wildman–Crippen MR) is 86.4 cm³/mol. The maximum absolute atomic E-state index is 12.5. The molecular formula is C18H25NO3. The molecule has 0 bridgehead atoms. The van der Waals surface area contributed by atoms with Crippen LogP contribution in [0, 0.1) is 26.7 Å². The molecule has 0 aromatic heterocycles. The Morgan fingerprint density at radius 3 is 2.45 bits per heavy atom. The molecule has 0 amide bonds. The Bertz CT molecular complexity index is 557. The Morgan fingerprint density at radius 2 is 1.86 bits per heavy atom. The minimum Gasteiger partial charge on any atom is -0.481 e. The number of piperidine rings is 1. The van der Waals surface area contributed by atoms with Gasteiger partial charge in [-0.3, -0.25) is 9.59 Å². The van der Waals surface area contributed by atoms with Gasteiger partial charge in [0.2, 0.25) is 0 Å². The molecule has 1 N–H and O–H groups in total. The molecule has 1 aromatic carbocycles. The Labute approximate surface area is 132 Å². The monoisotopic (exact) mass is 303 g/mol. The van der Waals surface area contributed by atoms with Crippen molar-refractivity contribution in [3.63, 3.8) is 0 Å². The first-order valence-corrected chi connectivity index (χ1v) is 7.94. The van der Waals surface area contributed by atoms with Gasteiger partial charge in [0.25, 0.3) is 0 Å². The summed E-state index contributed by atoms with van der Waals surface area (Å²) >= 11 is 0. The number of rotatable bonds is 5. The van der Waals surface area contributed by atoms with E-state index in [0.29, 0.717) is 19.5 Å². The third-order valence-electron chi connectivity index (χ3n) is 4.47. The zero-order chi connectivity index (χ0) is 16.3. The maximum atomic E-state index is 12.5. The van der Waals surface area contributed by atoms with Gasteiger partial charge in [-0.1, -0.05) is 17.7 Å². The normalized spacial score (nSPS) is 19.1. The van der Waals surface area contributed by atoms with E-state index in [1.807, 2.05) is 32.9 Å². The minimum absolute atomic E-state index is 0.160. The summed E-state index contributed by atoms with van der Waals surface area (Å²) < 4.78 is 0. The largest absolute Gasteiger partial charge is 0.481 e. The van der Waals surface area contributed by atoms with Crippen LogP contribution in [0.5, 0.6) is 0 Å². The zero-order valence-electron chi connectivity index (χ0n) is 13.7. The van der Waals surface area contributed by atoms with Crippen molar-refractivity contribution in [2.75, 3.05) is 19.6 Å². The van der Waals surface area contributed by atoms with Crippen LogP contribution in [-0.2, 0) is 4.79 Å². The summed E-state index contributed by atoms with van der Waals surface area (Å²) in [4.78, 5) is 25.7. The summed E-state index contributed by atoms with van der Waals surface area (Å²) in [7, 11) is 0. The second kappa shape index (κ2) is 7.05. The quantitative estimate of drug-likeness (QED) is 0.850. The summed E-state index contributed by atoms with van der Waals surface area (Å²) in [5.74, 6) is -0.847. The predicted octanol–water partition coefficient (Wildman–Crippen LogP) is 2.98. The van der Waals surface area contributed by atoms with E-state index < -0.39 is 5.97 Å². The van der Waals surface area contributed by atoms with Gasteiger partial charge in [-0.25, -0.2) is 0 Å². The second-order valence-corrected chi connectivity index (χ2v) is 6.42. The van der Waals surface area contributed by atoms with Gasteiger partial charge in [-0.05, 0) is 51.3 Å². The van der Waals surface area contributed by atoms with Gasteiger partial charge >= 0.3 is 5.97 Å². The van der Waals surface area contributed by atoms with Crippen molar-refractivity contribution in [1.82, 2.24) is 4.90 Å². The van der Waals surface area contributed by atoms with Gasteiger partial charge in [-0.15, -0.1) is 0 Å². The fourth-order valence-electron chi connectivity index (χ4n) is 3.46. The highest BCUT2D eigenvalue weighted by Crippen LogP contribution is 2.20. The standard InChI is InChI=1S/C18H25NO3/c1-12-9-13(2)17(14(3)10-12)16(20)6-8-19-7-4-5-15(11-19)18(21)22/h9-10,15H,4-8,11H2,1-3H3,(H,21,22). The molecule has 1 aromatic rings. The third kappa shape index (κ3) is 3.95. The van der Waals surface area contributed by atoms with Crippen molar-refractivity contribution < 1.29 is 14.7 Å². The second-order valence-electron chi connectivity index (χ2n) is 6.42. The van der Waals surface area contributed by atoms with E-state index in [1.165, 1.54) is 5.56 Å². The third-order valence-corrected chi connectivity index (χ3v) is 4.47. The number of Topliss-reactive ketones (excluding diaryl/α,β-unsaturated/α-hetero) is 1. The molecule has 0 radical (unpaired) electrons. The number of carbonyl (C=O) groups excluding carboxylic acids is 1. The van der Waals surface area contributed by atoms with Gasteiger partial charge in [0.05, 0.1) is 5.92 Å². The van der Waals surface area contributed by atoms with Gasteiger partial charge in [0.15, 0.2) is 5.78 Å². The Hall–Kier alpha value is -1.68. The number of aryl methyl sites for hydroxylation is 3. The van der Waals surface area contributed by atoms with Gasteiger partial charge in [-0.2, -0.15) is 0 Å². The highest BCUT2D eigenvalue weighted by molar-refractivity contribution is 5.99. The lowest BCUT2D eigenvalue weighted by atomic mass is 9.94. The summed E-state index contributed by atoms with van der Waals surface area (Å²) in [6.07, 6.45) is 2.10. The van der Waals surface area contributed by atoms with E-state index in [2.05, 4.69) is 4.90 Å². The van der Waals surface area contributed by atoms with Crippen molar-refractivity contribution in [3.05, 3.63) is 34.4 Å². The minimum atomic E-state index is -0.721. The molecule has 0 aliphatic carbocycles. The number of ketones is 1. The van der Waals surface area contributed by atoms with Crippen LogP contribution in [0.3, 0.4) is 0 Å². The highest BCUT2D eigenvalue weighted by Gasteiger charge is 2.25. The number of carboxylic acids is 1. The number of hydrogen-bond acceptors (Lipinski definition) is 3. The molecule has 1 saturated heterocycles. The summed E-state index contributed by atoms with van der Waals surface area (Å²) in [5.41, 5.74) is 4.07. The molecular weight excluding hydrogens is 278 g/mol.